The number of aromatic nitrogens is 1. The zero-order valence-corrected chi connectivity index (χ0v) is 8.60. The molecule has 0 fully saturated rings. The van der Waals surface area contributed by atoms with Crippen LogP contribution >= 0.6 is 0 Å². The van der Waals surface area contributed by atoms with Gasteiger partial charge in [-0.15, -0.1) is 0 Å². The van der Waals surface area contributed by atoms with Crippen LogP contribution in [-0.2, 0) is 0 Å². The first-order chi connectivity index (χ1) is 5.52. The van der Waals surface area contributed by atoms with Gasteiger partial charge in [0.2, 0.25) is 0 Å². The molecule has 0 radical (unpaired) electrons. The summed E-state index contributed by atoms with van der Waals surface area (Å²) in [5.74, 6) is 0.532. The van der Waals surface area contributed by atoms with E-state index < -0.39 is 0 Å². The third-order valence-electron chi connectivity index (χ3n) is 2.24. The summed E-state index contributed by atoms with van der Waals surface area (Å²) in [6.45, 7) is 10.7. The first kappa shape index (κ1) is 9.24. The zero-order chi connectivity index (χ0) is 9.30. The van der Waals surface area contributed by atoms with Crippen molar-refractivity contribution in [1.29, 1.82) is 0 Å². The van der Waals surface area contributed by atoms with E-state index >= 15 is 0 Å². The molecule has 0 aromatic carbocycles. The highest BCUT2D eigenvalue weighted by atomic mass is 14.7. The Hall–Kier alpha value is -0.850. The summed E-state index contributed by atoms with van der Waals surface area (Å²) in [4.78, 5) is 4.57. The lowest BCUT2D eigenvalue weighted by Gasteiger charge is -2.10. The summed E-state index contributed by atoms with van der Waals surface area (Å²) in [5, 5.41) is 0. The molecule has 12 heavy (non-hydrogen) atoms. The Morgan fingerprint density at radius 3 is 2.17 bits per heavy atom. The summed E-state index contributed by atoms with van der Waals surface area (Å²) in [5.41, 5.74) is 4.99. The first-order valence-corrected chi connectivity index (χ1v) is 4.47. The van der Waals surface area contributed by atoms with Gasteiger partial charge in [-0.3, -0.25) is 4.98 Å². The summed E-state index contributed by atoms with van der Waals surface area (Å²) in [7, 11) is 0. The minimum atomic E-state index is 0.532. The van der Waals surface area contributed by atoms with Crippen molar-refractivity contribution < 1.29 is 0 Å². The van der Waals surface area contributed by atoms with E-state index in [4.69, 9.17) is 0 Å². The van der Waals surface area contributed by atoms with Gasteiger partial charge in [-0.1, -0.05) is 19.9 Å². The standard InChI is InChI=1S/C11H17N/c1-7(2)11-9(4)6-8(3)10(5)12-11/h6-7H,1-5H3. The van der Waals surface area contributed by atoms with Crippen LogP contribution in [0.3, 0.4) is 0 Å². The molecular weight excluding hydrogens is 146 g/mol. The van der Waals surface area contributed by atoms with Crippen LogP contribution in [0.4, 0.5) is 0 Å². The van der Waals surface area contributed by atoms with E-state index in [1.54, 1.807) is 0 Å². The smallest absolute Gasteiger partial charge is 0.0461 e. The van der Waals surface area contributed by atoms with Gasteiger partial charge in [0.15, 0.2) is 0 Å². The molecule has 0 spiro atoms. The van der Waals surface area contributed by atoms with Crippen molar-refractivity contribution in [3.63, 3.8) is 0 Å². The fourth-order valence-corrected chi connectivity index (χ4v) is 1.44. The van der Waals surface area contributed by atoms with Crippen LogP contribution in [0.25, 0.3) is 0 Å². The third-order valence-corrected chi connectivity index (χ3v) is 2.24. The Bertz CT molecular complexity index is 287. The molecule has 1 nitrogen and oxygen atoms in total. The SMILES string of the molecule is Cc1cc(C)c(C(C)C)nc1C. The third kappa shape index (κ3) is 1.66. The molecule has 0 unspecified atom stereocenters. The second-order valence-corrected chi connectivity index (χ2v) is 3.75. The van der Waals surface area contributed by atoms with E-state index in [0.717, 1.165) is 5.69 Å². The molecule has 1 aromatic heterocycles. The lowest BCUT2D eigenvalue weighted by atomic mass is 10.0. The van der Waals surface area contributed by atoms with Gasteiger partial charge in [0.25, 0.3) is 0 Å². The monoisotopic (exact) mass is 163 g/mol. The number of aryl methyl sites for hydroxylation is 3. The topological polar surface area (TPSA) is 12.9 Å². The Morgan fingerprint density at radius 1 is 1.08 bits per heavy atom. The van der Waals surface area contributed by atoms with Gasteiger partial charge in [-0.25, -0.2) is 0 Å². The van der Waals surface area contributed by atoms with Crippen molar-refractivity contribution >= 4 is 0 Å². The predicted molar refractivity (Wildman–Crippen MR) is 52.5 cm³/mol. The van der Waals surface area contributed by atoms with Gasteiger partial charge in [0.05, 0.1) is 0 Å². The maximum absolute atomic E-state index is 4.57. The molecule has 66 valence electrons. The lowest BCUT2D eigenvalue weighted by Crippen LogP contribution is -2.00. The number of pyridine rings is 1. The second-order valence-electron chi connectivity index (χ2n) is 3.75. The van der Waals surface area contributed by atoms with Gasteiger partial charge in [-0.2, -0.15) is 0 Å². The van der Waals surface area contributed by atoms with E-state index in [0.29, 0.717) is 5.92 Å². The maximum atomic E-state index is 4.57. The molecule has 0 amide bonds. The highest BCUT2D eigenvalue weighted by Gasteiger charge is 2.06. The second kappa shape index (κ2) is 3.26. The molecule has 1 aromatic rings. The summed E-state index contributed by atoms with van der Waals surface area (Å²) in [6.07, 6.45) is 0. The van der Waals surface area contributed by atoms with Gasteiger partial charge in [0, 0.05) is 11.4 Å². The molecule has 0 saturated heterocycles. The van der Waals surface area contributed by atoms with E-state index in [2.05, 4.69) is 45.7 Å². The van der Waals surface area contributed by atoms with Crippen molar-refractivity contribution in [2.24, 2.45) is 0 Å². The van der Waals surface area contributed by atoms with Gasteiger partial charge in [-0.05, 0) is 37.8 Å². The van der Waals surface area contributed by atoms with Crippen molar-refractivity contribution in [3.05, 3.63) is 28.6 Å². The van der Waals surface area contributed by atoms with Crippen LogP contribution in [0.5, 0.6) is 0 Å². The molecule has 1 heterocycles. The minimum absolute atomic E-state index is 0.532. The molecular formula is C11H17N. The lowest BCUT2D eigenvalue weighted by molar-refractivity contribution is 0.801. The number of hydrogen-bond donors (Lipinski definition) is 0. The Kier molecular flexibility index (Phi) is 2.51. The summed E-state index contributed by atoms with van der Waals surface area (Å²) in [6, 6.07) is 2.22. The fraction of sp³-hybridized carbons (Fsp3) is 0.545. The van der Waals surface area contributed by atoms with Crippen LogP contribution in [0.2, 0.25) is 0 Å². The predicted octanol–water partition coefficient (Wildman–Crippen LogP) is 3.13. The Morgan fingerprint density at radius 2 is 1.67 bits per heavy atom. The average Bonchev–Trinajstić information content (AvgIpc) is 1.96. The van der Waals surface area contributed by atoms with Gasteiger partial charge in [0.1, 0.15) is 0 Å². The van der Waals surface area contributed by atoms with Crippen molar-refractivity contribution in [1.82, 2.24) is 4.98 Å². The molecule has 0 saturated carbocycles. The highest BCUT2D eigenvalue weighted by molar-refractivity contribution is 5.29. The molecule has 0 aliphatic heterocycles. The van der Waals surface area contributed by atoms with Crippen LogP contribution in [0, 0.1) is 20.8 Å². The van der Waals surface area contributed by atoms with Crippen LogP contribution in [0.15, 0.2) is 6.07 Å². The van der Waals surface area contributed by atoms with Crippen molar-refractivity contribution in [2.75, 3.05) is 0 Å². The molecule has 0 aliphatic rings. The molecule has 0 bridgehead atoms. The number of hydrogen-bond acceptors (Lipinski definition) is 1. The van der Waals surface area contributed by atoms with E-state index in [9.17, 15) is 0 Å². The van der Waals surface area contributed by atoms with Crippen LogP contribution in [0.1, 0.15) is 42.3 Å². The Labute approximate surface area is 74.8 Å². The first-order valence-electron chi connectivity index (χ1n) is 4.47. The number of rotatable bonds is 1. The molecule has 0 aliphatic carbocycles. The van der Waals surface area contributed by atoms with E-state index in [1.165, 1.54) is 16.8 Å². The van der Waals surface area contributed by atoms with Gasteiger partial charge < -0.3 is 0 Å². The van der Waals surface area contributed by atoms with E-state index in [1.807, 2.05) is 0 Å². The van der Waals surface area contributed by atoms with Crippen molar-refractivity contribution in [2.45, 2.75) is 40.5 Å². The molecule has 1 heteroatoms. The average molecular weight is 163 g/mol. The normalized spacial score (nSPS) is 10.8. The number of nitrogens with zero attached hydrogens (tertiary/aromatic N) is 1. The summed E-state index contributed by atoms with van der Waals surface area (Å²) < 4.78 is 0. The largest absolute Gasteiger partial charge is 0.257 e. The summed E-state index contributed by atoms with van der Waals surface area (Å²) >= 11 is 0. The zero-order valence-electron chi connectivity index (χ0n) is 8.60. The molecule has 1 rings (SSSR count). The maximum Gasteiger partial charge on any atom is 0.0461 e. The quantitative estimate of drug-likeness (QED) is 0.619. The van der Waals surface area contributed by atoms with Crippen LogP contribution < -0.4 is 0 Å². The molecule has 0 N–H and O–H groups in total. The fourth-order valence-electron chi connectivity index (χ4n) is 1.44. The van der Waals surface area contributed by atoms with Crippen LogP contribution in [-0.4, -0.2) is 4.98 Å². The highest BCUT2D eigenvalue weighted by Crippen LogP contribution is 2.18. The Balaban J connectivity index is 3.23. The van der Waals surface area contributed by atoms with Gasteiger partial charge >= 0.3 is 0 Å². The van der Waals surface area contributed by atoms with E-state index in [-0.39, 0.29) is 0 Å². The molecule has 0 atom stereocenters. The minimum Gasteiger partial charge on any atom is -0.257 e. The van der Waals surface area contributed by atoms with Crippen molar-refractivity contribution in [3.8, 4) is 0 Å².